The van der Waals surface area contributed by atoms with E-state index in [0.29, 0.717) is 10.3 Å². The third kappa shape index (κ3) is 1.92. The lowest BCUT2D eigenvalue weighted by Gasteiger charge is -2.13. The fourth-order valence-electron chi connectivity index (χ4n) is 1.51. The van der Waals surface area contributed by atoms with Crippen LogP contribution in [0.3, 0.4) is 0 Å². The van der Waals surface area contributed by atoms with Crippen molar-refractivity contribution in [2.75, 3.05) is 13.1 Å². The largest absolute Gasteiger partial charge is 0.337 e. The second-order valence-corrected chi connectivity index (χ2v) is 4.05. The van der Waals surface area contributed by atoms with Crippen molar-refractivity contribution in [3.63, 3.8) is 0 Å². The lowest BCUT2D eigenvalue weighted by atomic mass is 10.3. The summed E-state index contributed by atoms with van der Waals surface area (Å²) in [7, 11) is 0. The molecule has 4 nitrogen and oxygen atoms in total. The van der Waals surface area contributed by atoms with Crippen molar-refractivity contribution >= 4 is 21.8 Å². The molecule has 1 saturated heterocycles. The summed E-state index contributed by atoms with van der Waals surface area (Å²) >= 11 is 3.18. The van der Waals surface area contributed by atoms with Crippen LogP contribution >= 0.6 is 15.9 Å². The maximum atomic E-state index is 11.8. The molecule has 2 rings (SSSR count). The molecule has 0 aromatic carbocycles. The number of amides is 1. The highest BCUT2D eigenvalue weighted by Gasteiger charge is 2.20. The minimum Gasteiger partial charge on any atom is -0.337 e. The average Bonchev–Trinajstić information content (AvgIpc) is 2.71. The predicted octanol–water partition coefficient (Wildman–Crippen LogP) is 1.48. The van der Waals surface area contributed by atoms with Gasteiger partial charge >= 0.3 is 0 Å². The Morgan fingerprint density at radius 1 is 1.29 bits per heavy atom. The molecule has 5 heteroatoms. The molecule has 1 aromatic rings. The van der Waals surface area contributed by atoms with Gasteiger partial charge in [-0.25, -0.2) is 0 Å². The summed E-state index contributed by atoms with van der Waals surface area (Å²) in [6.07, 6.45) is 2.19. The molecule has 0 saturated carbocycles. The summed E-state index contributed by atoms with van der Waals surface area (Å²) in [6, 6.07) is 3.42. The maximum Gasteiger partial charge on any atom is 0.274 e. The molecule has 0 unspecified atom stereocenters. The number of halogens is 1. The number of hydrogen-bond acceptors (Lipinski definition) is 3. The number of rotatable bonds is 1. The van der Waals surface area contributed by atoms with E-state index in [1.165, 1.54) is 0 Å². The lowest BCUT2D eigenvalue weighted by molar-refractivity contribution is 0.0786. The lowest BCUT2D eigenvalue weighted by Crippen LogP contribution is -2.28. The molecule has 1 aliphatic rings. The Balaban J connectivity index is 2.14. The zero-order valence-electron chi connectivity index (χ0n) is 7.61. The van der Waals surface area contributed by atoms with Gasteiger partial charge in [0.15, 0.2) is 5.69 Å². The fraction of sp³-hybridized carbons (Fsp3) is 0.444. The van der Waals surface area contributed by atoms with Crippen molar-refractivity contribution in [3.8, 4) is 0 Å². The zero-order valence-corrected chi connectivity index (χ0v) is 9.20. The molecule has 0 N–H and O–H groups in total. The zero-order chi connectivity index (χ0) is 9.97. The minimum absolute atomic E-state index is 0.0116. The second-order valence-electron chi connectivity index (χ2n) is 3.24. The monoisotopic (exact) mass is 255 g/mol. The second kappa shape index (κ2) is 4.04. The normalized spacial score (nSPS) is 15.9. The van der Waals surface area contributed by atoms with Crippen LogP contribution in [0.15, 0.2) is 16.7 Å². The van der Waals surface area contributed by atoms with Gasteiger partial charge in [0.25, 0.3) is 5.91 Å². The minimum atomic E-state index is -0.0116. The van der Waals surface area contributed by atoms with Crippen LogP contribution in [-0.4, -0.2) is 34.1 Å². The van der Waals surface area contributed by atoms with Crippen molar-refractivity contribution in [2.24, 2.45) is 0 Å². The van der Waals surface area contributed by atoms with Gasteiger partial charge in [0, 0.05) is 13.1 Å². The van der Waals surface area contributed by atoms with Crippen molar-refractivity contribution in [2.45, 2.75) is 12.8 Å². The molecule has 74 valence electrons. The van der Waals surface area contributed by atoms with Gasteiger partial charge in [-0.2, -0.15) is 0 Å². The molecule has 14 heavy (non-hydrogen) atoms. The Morgan fingerprint density at radius 3 is 2.57 bits per heavy atom. The van der Waals surface area contributed by atoms with Crippen LogP contribution in [0.25, 0.3) is 0 Å². The molecule has 1 fully saturated rings. The maximum absolute atomic E-state index is 11.8. The molecule has 2 heterocycles. The van der Waals surface area contributed by atoms with Gasteiger partial charge in [-0.1, -0.05) is 0 Å². The summed E-state index contributed by atoms with van der Waals surface area (Å²) in [4.78, 5) is 13.6. The number of nitrogens with zero attached hydrogens (tertiary/aromatic N) is 3. The van der Waals surface area contributed by atoms with Crippen LogP contribution in [0.5, 0.6) is 0 Å². The van der Waals surface area contributed by atoms with E-state index in [4.69, 9.17) is 0 Å². The summed E-state index contributed by atoms with van der Waals surface area (Å²) in [5.41, 5.74) is 0.426. The standard InChI is InChI=1S/C9H10BrN3O/c10-8-4-3-7(11-12-8)9(14)13-5-1-2-6-13/h3-4H,1-2,5-6H2. The summed E-state index contributed by atoms with van der Waals surface area (Å²) < 4.78 is 0.649. The van der Waals surface area contributed by atoms with Gasteiger partial charge in [-0.05, 0) is 40.9 Å². The van der Waals surface area contributed by atoms with Gasteiger partial charge in [0.1, 0.15) is 4.60 Å². The van der Waals surface area contributed by atoms with Gasteiger partial charge < -0.3 is 4.90 Å². The number of aromatic nitrogens is 2. The van der Waals surface area contributed by atoms with Crippen LogP contribution in [0, 0.1) is 0 Å². The van der Waals surface area contributed by atoms with Gasteiger partial charge in [0.05, 0.1) is 0 Å². The van der Waals surface area contributed by atoms with Crippen LogP contribution in [0.2, 0.25) is 0 Å². The Bertz CT molecular complexity index is 332. The first-order valence-electron chi connectivity index (χ1n) is 4.56. The van der Waals surface area contributed by atoms with Crippen molar-refractivity contribution in [1.29, 1.82) is 0 Å². The summed E-state index contributed by atoms with van der Waals surface area (Å²) in [5, 5.41) is 7.63. The highest BCUT2D eigenvalue weighted by atomic mass is 79.9. The molecule has 0 radical (unpaired) electrons. The third-order valence-electron chi connectivity index (χ3n) is 2.24. The van der Waals surface area contributed by atoms with Crippen molar-refractivity contribution in [1.82, 2.24) is 15.1 Å². The first-order valence-corrected chi connectivity index (χ1v) is 5.35. The molecule has 1 aromatic heterocycles. The van der Waals surface area contributed by atoms with Gasteiger partial charge in [0.2, 0.25) is 0 Å². The van der Waals surface area contributed by atoms with Gasteiger partial charge in [-0.3, -0.25) is 4.79 Å². The topological polar surface area (TPSA) is 46.1 Å². The van der Waals surface area contributed by atoms with Crippen molar-refractivity contribution in [3.05, 3.63) is 22.4 Å². The highest BCUT2D eigenvalue weighted by Crippen LogP contribution is 2.12. The molecule has 0 aliphatic carbocycles. The smallest absolute Gasteiger partial charge is 0.274 e. The fourth-order valence-corrected chi connectivity index (χ4v) is 1.72. The van der Waals surface area contributed by atoms with E-state index in [1.807, 2.05) is 4.90 Å². The highest BCUT2D eigenvalue weighted by molar-refractivity contribution is 9.10. The Kier molecular flexibility index (Phi) is 2.77. The van der Waals surface area contributed by atoms with Crippen LogP contribution in [-0.2, 0) is 0 Å². The van der Waals surface area contributed by atoms with E-state index >= 15 is 0 Å². The molecule has 1 aliphatic heterocycles. The molecule has 0 spiro atoms. The SMILES string of the molecule is O=C(c1ccc(Br)nn1)N1CCCC1. The first kappa shape index (κ1) is 9.58. The number of likely N-dealkylation sites (tertiary alicyclic amines) is 1. The van der Waals surface area contributed by atoms with Crippen LogP contribution in [0.1, 0.15) is 23.3 Å². The molecule has 1 amide bonds. The average molecular weight is 256 g/mol. The molecule has 0 atom stereocenters. The van der Waals surface area contributed by atoms with E-state index in [-0.39, 0.29) is 5.91 Å². The Hall–Kier alpha value is -0.970. The molecular weight excluding hydrogens is 246 g/mol. The van der Waals surface area contributed by atoms with E-state index in [2.05, 4.69) is 26.1 Å². The third-order valence-corrected chi connectivity index (χ3v) is 2.67. The predicted molar refractivity (Wildman–Crippen MR) is 54.9 cm³/mol. The van der Waals surface area contributed by atoms with Gasteiger partial charge in [-0.15, -0.1) is 10.2 Å². The molecule has 0 bridgehead atoms. The Morgan fingerprint density at radius 2 is 2.00 bits per heavy atom. The summed E-state index contributed by atoms with van der Waals surface area (Å²) in [5.74, 6) is -0.0116. The van der Waals surface area contributed by atoms with Crippen molar-refractivity contribution < 1.29 is 4.79 Å². The van der Waals surface area contributed by atoms with Crippen LogP contribution < -0.4 is 0 Å². The number of carbonyl (C=O) groups is 1. The van der Waals surface area contributed by atoms with E-state index < -0.39 is 0 Å². The van der Waals surface area contributed by atoms with E-state index in [1.54, 1.807) is 12.1 Å². The van der Waals surface area contributed by atoms with Crippen LogP contribution in [0.4, 0.5) is 0 Å². The first-order chi connectivity index (χ1) is 6.77. The summed E-state index contributed by atoms with van der Waals surface area (Å²) in [6.45, 7) is 1.69. The number of hydrogen-bond donors (Lipinski definition) is 0. The van der Waals surface area contributed by atoms with E-state index in [0.717, 1.165) is 25.9 Å². The quantitative estimate of drug-likeness (QED) is 0.764. The Labute approximate surface area is 90.4 Å². The number of carbonyl (C=O) groups excluding carboxylic acids is 1. The molecular formula is C9H10BrN3O. The van der Waals surface area contributed by atoms with E-state index in [9.17, 15) is 4.79 Å².